The Morgan fingerprint density at radius 2 is 2.05 bits per heavy atom. The van der Waals surface area contributed by atoms with Crippen molar-refractivity contribution in [1.29, 1.82) is 0 Å². The van der Waals surface area contributed by atoms with Crippen LogP contribution in [0.4, 0.5) is 0 Å². The number of alkyl halides is 1. The molecule has 2 heterocycles. The van der Waals surface area contributed by atoms with Gasteiger partial charge in [-0.3, -0.25) is 4.68 Å². The summed E-state index contributed by atoms with van der Waals surface area (Å²) in [4.78, 5) is 4.75. The molecule has 4 nitrogen and oxygen atoms in total. The maximum atomic E-state index is 6.13. The monoisotopic (exact) mass is 280 g/mol. The fourth-order valence-electron chi connectivity index (χ4n) is 3.13. The lowest BCUT2D eigenvalue weighted by Gasteiger charge is -2.29. The molecular formula is C14H21ClN4. The topological polar surface area (TPSA) is 35.6 Å². The number of rotatable bonds is 4. The van der Waals surface area contributed by atoms with Crippen LogP contribution in [0.1, 0.15) is 45.1 Å². The molecule has 2 aromatic rings. The van der Waals surface area contributed by atoms with Crippen LogP contribution in [0.25, 0.3) is 11.2 Å². The lowest BCUT2D eigenvalue weighted by Crippen LogP contribution is -2.31. The van der Waals surface area contributed by atoms with Crippen molar-refractivity contribution in [2.24, 2.45) is 13.0 Å². The van der Waals surface area contributed by atoms with E-state index >= 15 is 0 Å². The van der Waals surface area contributed by atoms with Gasteiger partial charge in [-0.1, -0.05) is 6.92 Å². The normalized spacial score (nSPS) is 16.5. The molecule has 0 bridgehead atoms. The van der Waals surface area contributed by atoms with Gasteiger partial charge in [0.15, 0.2) is 5.65 Å². The molecule has 0 radical (unpaired) electrons. The molecule has 3 rings (SSSR count). The molecule has 0 atom stereocenters. The maximum absolute atomic E-state index is 6.13. The first-order valence-corrected chi connectivity index (χ1v) is 7.53. The second-order valence-corrected chi connectivity index (χ2v) is 6.29. The van der Waals surface area contributed by atoms with Crippen LogP contribution in [0.5, 0.6) is 0 Å². The highest BCUT2D eigenvalue weighted by atomic mass is 35.5. The van der Waals surface area contributed by atoms with Crippen molar-refractivity contribution in [3.05, 3.63) is 11.5 Å². The van der Waals surface area contributed by atoms with E-state index in [0.29, 0.717) is 5.88 Å². The molecule has 0 aliphatic heterocycles. The van der Waals surface area contributed by atoms with Gasteiger partial charge in [-0.2, -0.15) is 5.10 Å². The fraction of sp³-hybridized carbons (Fsp3) is 0.714. The number of nitrogens with zero attached hydrogens (tertiary/aromatic N) is 4. The molecule has 19 heavy (non-hydrogen) atoms. The Morgan fingerprint density at radius 3 is 2.58 bits per heavy atom. The summed E-state index contributed by atoms with van der Waals surface area (Å²) in [5.74, 6) is 2.15. The van der Waals surface area contributed by atoms with Crippen molar-refractivity contribution in [3.63, 3.8) is 0 Å². The third-order valence-electron chi connectivity index (χ3n) is 4.38. The van der Waals surface area contributed by atoms with Crippen molar-refractivity contribution in [3.8, 4) is 0 Å². The Kier molecular flexibility index (Phi) is 2.89. The Balaban J connectivity index is 2.29. The number of aryl methyl sites for hydroxylation is 2. The smallest absolute Gasteiger partial charge is 0.159 e. The van der Waals surface area contributed by atoms with Gasteiger partial charge in [-0.25, -0.2) is 4.98 Å². The lowest BCUT2D eigenvalue weighted by molar-refractivity contribution is 0.302. The van der Waals surface area contributed by atoms with Crippen LogP contribution >= 0.6 is 11.6 Å². The molecule has 0 spiro atoms. The average molecular weight is 281 g/mol. The summed E-state index contributed by atoms with van der Waals surface area (Å²) in [5, 5.41) is 4.59. The minimum absolute atomic E-state index is 0.0672. The fourth-order valence-corrected chi connectivity index (χ4v) is 3.31. The van der Waals surface area contributed by atoms with Crippen molar-refractivity contribution < 1.29 is 0 Å². The minimum Gasteiger partial charge on any atom is -0.306 e. The summed E-state index contributed by atoms with van der Waals surface area (Å²) in [7, 11) is 2.00. The molecule has 2 aromatic heterocycles. The zero-order valence-electron chi connectivity index (χ0n) is 12.1. The molecule has 0 amide bonds. The molecule has 0 unspecified atom stereocenters. The summed E-state index contributed by atoms with van der Waals surface area (Å²) in [6.07, 6.45) is 3.50. The van der Waals surface area contributed by atoms with E-state index in [-0.39, 0.29) is 5.54 Å². The van der Waals surface area contributed by atoms with Crippen LogP contribution < -0.4 is 0 Å². The zero-order chi connectivity index (χ0) is 13.8. The van der Waals surface area contributed by atoms with Crippen LogP contribution in [0.2, 0.25) is 0 Å². The van der Waals surface area contributed by atoms with Crippen LogP contribution in [0.3, 0.4) is 0 Å². The van der Waals surface area contributed by atoms with Crippen LogP contribution in [-0.4, -0.2) is 19.3 Å². The van der Waals surface area contributed by atoms with E-state index in [4.69, 9.17) is 16.6 Å². The molecular weight excluding hydrogens is 260 g/mol. The molecule has 1 aliphatic rings. The molecule has 1 saturated carbocycles. The second-order valence-electron chi connectivity index (χ2n) is 6.02. The highest BCUT2D eigenvalue weighted by Crippen LogP contribution is 2.45. The predicted octanol–water partition coefficient (Wildman–Crippen LogP) is 3.22. The van der Waals surface area contributed by atoms with E-state index in [0.717, 1.165) is 35.0 Å². The van der Waals surface area contributed by atoms with Crippen molar-refractivity contribution >= 4 is 22.8 Å². The summed E-state index contributed by atoms with van der Waals surface area (Å²) in [6, 6.07) is 0. The summed E-state index contributed by atoms with van der Waals surface area (Å²) in [5.41, 5.74) is 3.27. The van der Waals surface area contributed by atoms with Crippen LogP contribution in [0.15, 0.2) is 0 Å². The largest absolute Gasteiger partial charge is 0.306 e. The van der Waals surface area contributed by atoms with E-state index in [1.165, 1.54) is 12.8 Å². The SMILES string of the molecule is CCc1nn(C)c2c1nc(CCl)n2C(C)(C)C1CC1. The summed E-state index contributed by atoms with van der Waals surface area (Å²) < 4.78 is 4.28. The van der Waals surface area contributed by atoms with Gasteiger partial charge in [0.2, 0.25) is 0 Å². The first kappa shape index (κ1) is 13.0. The van der Waals surface area contributed by atoms with Crippen molar-refractivity contribution in [2.45, 2.75) is 51.5 Å². The second kappa shape index (κ2) is 4.23. The molecule has 1 fully saturated rings. The van der Waals surface area contributed by atoms with Gasteiger partial charge in [0.25, 0.3) is 0 Å². The van der Waals surface area contributed by atoms with Gasteiger partial charge < -0.3 is 4.57 Å². The first-order chi connectivity index (χ1) is 9.00. The number of halogens is 1. The Morgan fingerprint density at radius 1 is 1.37 bits per heavy atom. The van der Waals surface area contributed by atoms with Crippen LogP contribution in [-0.2, 0) is 24.9 Å². The average Bonchev–Trinajstić information content (AvgIpc) is 3.09. The Labute approximate surface area is 118 Å². The number of hydrogen-bond acceptors (Lipinski definition) is 2. The van der Waals surface area contributed by atoms with Gasteiger partial charge in [-0.15, -0.1) is 11.6 Å². The minimum atomic E-state index is 0.0672. The summed E-state index contributed by atoms with van der Waals surface area (Å²) >= 11 is 6.13. The highest BCUT2D eigenvalue weighted by molar-refractivity contribution is 6.16. The zero-order valence-corrected chi connectivity index (χ0v) is 12.8. The van der Waals surface area contributed by atoms with Crippen LogP contribution in [0, 0.1) is 5.92 Å². The van der Waals surface area contributed by atoms with Gasteiger partial charge in [0.05, 0.1) is 11.6 Å². The van der Waals surface area contributed by atoms with E-state index in [9.17, 15) is 0 Å². The molecule has 0 N–H and O–H groups in total. The number of hydrogen-bond donors (Lipinski definition) is 0. The lowest BCUT2D eigenvalue weighted by atomic mass is 9.98. The van der Waals surface area contributed by atoms with E-state index < -0.39 is 0 Å². The van der Waals surface area contributed by atoms with E-state index in [1.807, 2.05) is 11.7 Å². The van der Waals surface area contributed by atoms with Gasteiger partial charge >= 0.3 is 0 Å². The Hall–Kier alpha value is -1.03. The number of aromatic nitrogens is 4. The van der Waals surface area contributed by atoms with Gasteiger partial charge in [-0.05, 0) is 39.0 Å². The standard InChI is InChI=1S/C14H21ClN4/c1-5-10-12-13(18(4)17-10)19(11(8-15)16-12)14(2,3)9-6-7-9/h9H,5-8H2,1-4H3. The molecule has 1 aliphatic carbocycles. The van der Waals surface area contributed by atoms with Crippen molar-refractivity contribution in [1.82, 2.24) is 19.3 Å². The third-order valence-corrected chi connectivity index (χ3v) is 4.62. The number of fused-ring (bicyclic) bond motifs is 1. The molecule has 0 saturated heterocycles. The van der Waals surface area contributed by atoms with E-state index in [2.05, 4.69) is 30.4 Å². The predicted molar refractivity (Wildman–Crippen MR) is 77.5 cm³/mol. The molecule has 5 heteroatoms. The van der Waals surface area contributed by atoms with Gasteiger partial charge in [0.1, 0.15) is 11.3 Å². The number of imidazole rings is 1. The van der Waals surface area contributed by atoms with Crippen molar-refractivity contribution in [2.75, 3.05) is 0 Å². The Bertz CT molecular complexity index is 619. The summed E-state index contributed by atoms with van der Waals surface area (Å²) in [6.45, 7) is 6.70. The molecule has 104 valence electrons. The quantitative estimate of drug-likeness (QED) is 0.806. The molecule has 0 aromatic carbocycles. The first-order valence-electron chi connectivity index (χ1n) is 7.00. The maximum Gasteiger partial charge on any atom is 0.159 e. The third kappa shape index (κ3) is 1.80. The highest BCUT2D eigenvalue weighted by Gasteiger charge is 2.41. The van der Waals surface area contributed by atoms with E-state index in [1.54, 1.807) is 0 Å². The van der Waals surface area contributed by atoms with Gasteiger partial charge in [0, 0.05) is 12.6 Å².